The molecule has 2 fully saturated rings. The van der Waals surface area contributed by atoms with Crippen molar-refractivity contribution in [3.8, 4) is 0 Å². The van der Waals surface area contributed by atoms with Crippen molar-refractivity contribution in [3.63, 3.8) is 0 Å². The molecule has 2 nitrogen and oxygen atoms in total. The second kappa shape index (κ2) is 5.50. The van der Waals surface area contributed by atoms with Crippen molar-refractivity contribution in [3.05, 3.63) is 0 Å². The van der Waals surface area contributed by atoms with Gasteiger partial charge in [-0.05, 0) is 56.8 Å². The third-order valence-corrected chi connectivity index (χ3v) is 4.42. The molecule has 0 bridgehead atoms. The smallest absolute Gasteiger partial charge is 0.00747 e. The summed E-state index contributed by atoms with van der Waals surface area (Å²) in [5.74, 6) is 1.82. The van der Waals surface area contributed by atoms with Crippen LogP contribution in [0.2, 0.25) is 0 Å². The third kappa shape index (κ3) is 3.46. The zero-order valence-electron chi connectivity index (χ0n) is 10.9. The third-order valence-electron chi connectivity index (χ3n) is 4.42. The fourth-order valence-electron chi connectivity index (χ4n) is 3.70. The van der Waals surface area contributed by atoms with Crippen LogP contribution >= 0.6 is 0 Å². The predicted molar refractivity (Wildman–Crippen MR) is 69.3 cm³/mol. The van der Waals surface area contributed by atoms with E-state index in [4.69, 9.17) is 5.73 Å². The van der Waals surface area contributed by atoms with E-state index in [0.717, 1.165) is 23.9 Å². The molecule has 2 aliphatic carbocycles. The fraction of sp³-hybridized carbons (Fsp3) is 1.00. The Morgan fingerprint density at radius 3 is 1.94 bits per heavy atom. The van der Waals surface area contributed by atoms with E-state index >= 15 is 0 Å². The summed E-state index contributed by atoms with van der Waals surface area (Å²) >= 11 is 0. The topological polar surface area (TPSA) is 38.0 Å². The van der Waals surface area contributed by atoms with Crippen molar-refractivity contribution in [2.45, 2.75) is 76.9 Å². The van der Waals surface area contributed by atoms with Crippen LogP contribution in [-0.2, 0) is 0 Å². The summed E-state index contributed by atoms with van der Waals surface area (Å²) in [6.45, 7) is 4.81. The minimum absolute atomic E-state index is 0.474. The van der Waals surface area contributed by atoms with Crippen LogP contribution in [0.15, 0.2) is 0 Å². The van der Waals surface area contributed by atoms with Crippen molar-refractivity contribution >= 4 is 0 Å². The molecule has 0 radical (unpaired) electrons. The molecule has 2 rings (SSSR count). The average Bonchev–Trinajstić information content (AvgIpc) is 2.20. The van der Waals surface area contributed by atoms with Crippen LogP contribution in [0.5, 0.6) is 0 Å². The molecule has 2 aliphatic rings. The van der Waals surface area contributed by atoms with Gasteiger partial charge in [0, 0.05) is 18.1 Å². The molecule has 2 heteroatoms. The molecule has 0 amide bonds. The van der Waals surface area contributed by atoms with Crippen LogP contribution in [-0.4, -0.2) is 18.1 Å². The van der Waals surface area contributed by atoms with Crippen molar-refractivity contribution in [2.75, 3.05) is 0 Å². The van der Waals surface area contributed by atoms with E-state index in [9.17, 15) is 0 Å². The Labute approximate surface area is 100 Å². The number of nitrogens with two attached hydrogens (primary N) is 1. The standard InChI is InChI=1S/C14H28N2/c1-10-7-11(2)9-14(8-10)16-13-5-3-12(15)4-6-13/h10-14,16H,3-9,15H2,1-2H3. The summed E-state index contributed by atoms with van der Waals surface area (Å²) in [6, 6.07) is 2.00. The summed E-state index contributed by atoms with van der Waals surface area (Å²) in [5.41, 5.74) is 5.95. The quantitative estimate of drug-likeness (QED) is 0.757. The maximum atomic E-state index is 5.95. The van der Waals surface area contributed by atoms with Gasteiger partial charge in [-0.1, -0.05) is 13.8 Å². The van der Waals surface area contributed by atoms with E-state index < -0.39 is 0 Å². The molecule has 94 valence electrons. The highest BCUT2D eigenvalue weighted by molar-refractivity contribution is 4.85. The summed E-state index contributed by atoms with van der Waals surface area (Å²) in [7, 11) is 0. The van der Waals surface area contributed by atoms with Crippen molar-refractivity contribution in [1.82, 2.24) is 5.32 Å². The first-order valence-electron chi connectivity index (χ1n) is 7.15. The van der Waals surface area contributed by atoms with Gasteiger partial charge < -0.3 is 11.1 Å². The number of nitrogens with one attached hydrogen (secondary N) is 1. The second-order valence-corrected chi connectivity index (χ2v) is 6.39. The molecule has 2 atom stereocenters. The Morgan fingerprint density at radius 1 is 0.812 bits per heavy atom. The second-order valence-electron chi connectivity index (χ2n) is 6.39. The molecule has 0 aliphatic heterocycles. The van der Waals surface area contributed by atoms with Crippen LogP contribution in [0.3, 0.4) is 0 Å². The average molecular weight is 224 g/mol. The maximum Gasteiger partial charge on any atom is 0.00747 e. The van der Waals surface area contributed by atoms with Gasteiger partial charge in [0.25, 0.3) is 0 Å². The Morgan fingerprint density at radius 2 is 1.38 bits per heavy atom. The Kier molecular flexibility index (Phi) is 4.26. The molecule has 0 aromatic heterocycles. The SMILES string of the molecule is CC1CC(C)CC(NC2CCC(N)CC2)C1. The van der Waals surface area contributed by atoms with Crippen molar-refractivity contribution in [1.29, 1.82) is 0 Å². The first-order valence-corrected chi connectivity index (χ1v) is 7.15. The number of rotatable bonds is 2. The van der Waals surface area contributed by atoms with E-state index in [0.29, 0.717) is 6.04 Å². The highest BCUT2D eigenvalue weighted by Crippen LogP contribution is 2.29. The van der Waals surface area contributed by atoms with E-state index in [1.54, 1.807) is 0 Å². The summed E-state index contributed by atoms with van der Waals surface area (Å²) < 4.78 is 0. The molecule has 3 N–H and O–H groups in total. The number of hydrogen-bond acceptors (Lipinski definition) is 2. The van der Waals surface area contributed by atoms with Crippen LogP contribution in [0.1, 0.15) is 58.8 Å². The van der Waals surface area contributed by atoms with Gasteiger partial charge in [0.2, 0.25) is 0 Å². The van der Waals surface area contributed by atoms with Gasteiger partial charge in [0.15, 0.2) is 0 Å². The van der Waals surface area contributed by atoms with Gasteiger partial charge in [-0.2, -0.15) is 0 Å². The lowest BCUT2D eigenvalue weighted by molar-refractivity contribution is 0.208. The van der Waals surface area contributed by atoms with E-state index in [1.165, 1.54) is 44.9 Å². The Balaban J connectivity index is 1.76. The molecular weight excluding hydrogens is 196 g/mol. The van der Waals surface area contributed by atoms with Gasteiger partial charge in [-0.25, -0.2) is 0 Å². The van der Waals surface area contributed by atoms with Gasteiger partial charge in [-0.3, -0.25) is 0 Å². The van der Waals surface area contributed by atoms with Gasteiger partial charge in [-0.15, -0.1) is 0 Å². The van der Waals surface area contributed by atoms with E-state index in [-0.39, 0.29) is 0 Å². The molecule has 0 heterocycles. The minimum atomic E-state index is 0.474. The highest BCUT2D eigenvalue weighted by atomic mass is 15.0. The first-order chi connectivity index (χ1) is 7.63. The summed E-state index contributed by atoms with van der Waals surface area (Å²) in [4.78, 5) is 0. The maximum absolute atomic E-state index is 5.95. The molecule has 2 saturated carbocycles. The molecule has 2 unspecified atom stereocenters. The Bertz CT molecular complexity index is 199. The Hall–Kier alpha value is -0.0800. The zero-order chi connectivity index (χ0) is 11.5. The number of hydrogen-bond donors (Lipinski definition) is 2. The van der Waals surface area contributed by atoms with E-state index in [2.05, 4.69) is 19.2 Å². The molecular formula is C14H28N2. The van der Waals surface area contributed by atoms with Gasteiger partial charge in [0.1, 0.15) is 0 Å². The van der Waals surface area contributed by atoms with Crippen molar-refractivity contribution in [2.24, 2.45) is 17.6 Å². The summed E-state index contributed by atoms with van der Waals surface area (Å²) in [6.07, 6.45) is 9.21. The first kappa shape index (κ1) is 12.4. The summed E-state index contributed by atoms with van der Waals surface area (Å²) in [5, 5.41) is 3.88. The molecule has 16 heavy (non-hydrogen) atoms. The molecule has 0 saturated heterocycles. The molecule has 0 spiro atoms. The van der Waals surface area contributed by atoms with Gasteiger partial charge in [0.05, 0.1) is 0 Å². The van der Waals surface area contributed by atoms with Crippen LogP contribution < -0.4 is 11.1 Å². The predicted octanol–water partition coefficient (Wildman–Crippen LogP) is 2.67. The lowest BCUT2D eigenvalue weighted by Gasteiger charge is -2.36. The zero-order valence-corrected chi connectivity index (χ0v) is 10.9. The lowest BCUT2D eigenvalue weighted by Crippen LogP contribution is -2.45. The normalized spacial score (nSPS) is 45.6. The molecule has 0 aromatic carbocycles. The van der Waals surface area contributed by atoms with Crippen molar-refractivity contribution < 1.29 is 0 Å². The fourth-order valence-corrected chi connectivity index (χ4v) is 3.70. The largest absolute Gasteiger partial charge is 0.328 e. The highest BCUT2D eigenvalue weighted by Gasteiger charge is 2.27. The van der Waals surface area contributed by atoms with Crippen LogP contribution in [0, 0.1) is 11.8 Å². The van der Waals surface area contributed by atoms with Crippen LogP contribution in [0.4, 0.5) is 0 Å². The molecule has 0 aromatic rings. The minimum Gasteiger partial charge on any atom is -0.328 e. The van der Waals surface area contributed by atoms with Crippen LogP contribution in [0.25, 0.3) is 0 Å². The lowest BCUT2D eigenvalue weighted by atomic mass is 9.79. The monoisotopic (exact) mass is 224 g/mol. The van der Waals surface area contributed by atoms with Gasteiger partial charge >= 0.3 is 0 Å². The van der Waals surface area contributed by atoms with E-state index in [1.807, 2.05) is 0 Å².